The Bertz CT molecular complexity index is 1040. The largest absolute Gasteiger partial charge is 0.494 e. The van der Waals surface area contributed by atoms with Crippen molar-refractivity contribution in [1.29, 1.82) is 0 Å². The molecule has 0 aromatic heterocycles. The maximum absolute atomic E-state index is 12.5. The lowest BCUT2D eigenvalue weighted by Gasteiger charge is -2.21. The Labute approximate surface area is 195 Å². The van der Waals surface area contributed by atoms with Gasteiger partial charge in [-0.05, 0) is 37.1 Å². The molecule has 33 heavy (non-hydrogen) atoms. The topological polar surface area (TPSA) is 137 Å². The van der Waals surface area contributed by atoms with Gasteiger partial charge in [0.15, 0.2) is 6.61 Å². The van der Waals surface area contributed by atoms with E-state index in [1.807, 2.05) is 0 Å². The highest BCUT2D eigenvalue weighted by Gasteiger charge is 2.27. The Morgan fingerprint density at radius 1 is 1.15 bits per heavy atom. The van der Waals surface area contributed by atoms with Gasteiger partial charge in [-0.15, -0.1) is 0 Å². The van der Waals surface area contributed by atoms with Crippen LogP contribution < -0.4 is 15.4 Å². The van der Waals surface area contributed by atoms with Gasteiger partial charge >= 0.3 is 5.97 Å². The van der Waals surface area contributed by atoms with E-state index in [0.717, 1.165) is 0 Å². The Morgan fingerprint density at radius 2 is 1.85 bits per heavy atom. The summed E-state index contributed by atoms with van der Waals surface area (Å²) >= 11 is 6.02. The smallest absolute Gasteiger partial charge is 0.329 e. The Balaban J connectivity index is 2.01. The molecule has 0 saturated carbocycles. The highest BCUT2D eigenvalue weighted by molar-refractivity contribution is 6.33. The van der Waals surface area contributed by atoms with E-state index in [-0.39, 0.29) is 33.6 Å². The van der Waals surface area contributed by atoms with Crippen molar-refractivity contribution in [2.45, 2.75) is 26.8 Å². The summed E-state index contributed by atoms with van der Waals surface area (Å²) in [6.07, 6.45) is 0. The number of nitrogens with zero attached hydrogens (tertiary/aromatic N) is 1. The van der Waals surface area contributed by atoms with Gasteiger partial charge in [-0.3, -0.25) is 19.7 Å². The van der Waals surface area contributed by atoms with Crippen LogP contribution in [0.15, 0.2) is 42.5 Å². The minimum Gasteiger partial charge on any atom is -0.494 e. The van der Waals surface area contributed by atoms with Crippen molar-refractivity contribution in [2.24, 2.45) is 5.92 Å². The van der Waals surface area contributed by atoms with E-state index in [4.69, 9.17) is 21.1 Å². The maximum Gasteiger partial charge on any atom is 0.329 e. The number of rotatable bonds is 10. The normalized spacial score (nSPS) is 11.4. The van der Waals surface area contributed by atoms with Gasteiger partial charge in [0.2, 0.25) is 0 Å². The summed E-state index contributed by atoms with van der Waals surface area (Å²) in [5.41, 5.74) is -0.247. The molecule has 2 amide bonds. The van der Waals surface area contributed by atoms with E-state index in [2.05, 4.69) is 10.6 Å². The molecule has 0 fully saturated rings. The molecular formula is C22H24ClN3O7. The van der Waals surface area contributed by atoms with E-state index < -0.39 is 35.4 Å². The molecule has 0 heterocycles. The van der Waals surface area contributed by atoms with Gasteiger partial charge < -0.3 is 20.1 Å². The molecule has 0 aliphatic rings. The fourth-order valence-electron chi connectivity index (χ4n) is 2.80. The monoisotopic (exact) mass is 477 g/mol. The molecule has 2 aromatic rings. The van der Waals surface area contributed by atoms with Gasteiger partial charge in [-0.25, -0.2) is 4.79 Å². The number of nitro groups is 1. The second kappa shape index (κ2) is 11.8. The summed E-state index contributed by atoms with van der Waals surface area (Å²) in [5, 5.41) is 16.4. The van der Waals surface area contributed by atoms with Crippen molar-refractivity contribution in [3.63, 3.8) is 0 Å². The van der Waals surface area contributed by atoms with Crippen LogP contribution in [0.3, 0.4) is 0 Å². The van der Waals surface area contributed by atoms with E-state index in [9.17, 15) is 24.5 Å². The molecular weight excluding hydrogens is 454 g/mol. The number of carbonyl (C=O) groups excluding carboxylic acids is 3. The highest BCUT2D eigenvalue weighted by Crippen LogP contribution is 2.29. The highest BCUT2D eigenvalue weighted by atomic mass is 35.5. The first-order valence-electron chi connectivity index (χ1n) is 10.1. The van der Waals surface area contributed by atoms with E-state index in [1.54, 1.807) is 39.0 Å². The number of hydrogen-bond donors (Lipinski definition) is 2. The average Bonchev–Trinajstić information content (AvgIpc) is 2.76. The zero-order valence-corrected chi connectivity index (χ0v) is 19.0. The molecule has 1 atom stereocenters. The Kier molecular flexibility index (Phi) is 9.17. The van der Waals surface area contributed by atoms with Gasteiger partial charge in [0.25, 0.3) is 17.5 Å². The van der Waals surface area contributed by atoms with E-state index in [1.165, 1.54) is 24.3 Å². The molecule has 176 valence electrons. The number of carbonyl (C=O) groups is 3. The molecule has 11 heteroatoms. The van der Waals surface area contributed by atoms with Crippen molar-refractivity contribution in [3.8, 4) is 5.75 Å². The number of esters is 1. The second-order valence-electron chi connectivity index (χ2n) is 7.20. The standard InChI is InChI=1S/C22H24ClN3O7/c1-4-32-14-9-10-17(18(11-14)26(30)31)24-19(27)12-33-22(29)20(13(2)3)25-21(28)15-7-5-6-8-16(15)23/h5-11,13,20H,4,12H2,1-3H3,(H,24,27)(H,25,28)/t20-/m0/s1. The summed E-state index contributed by atoms with van der Waals surface area (Å²) < 4.78 is 10.3. The van der Waals surface area contributed by atoms with Gasteiger partial charge in [-0.2, -0.15) is 0 Å². The van der Waals surface area contributed by atoms with Gasteiger partial charge in [-0.1, -0.05) is 37.6 Å². The second-order valence-corrected chi connectivity index (χ2v) is 7.61. The summed E-state index contributed by atoms with van der Waals surface area (Å²) in [6.45, 7) is 4.75. The predicted octanol–water partition coefficient (Wildman–Crippen LogP) is 3.58. The third kappa shape index (κ3) is 7.18. The van der Waals surface area contributed by atoms with Crippen LogP contribution in [0, 0.1) is 16.0 Å². The summed E-state index contributed by atoms with van der Waals surface area (Å²) in [5.74, 6) is -2.25. The first-order valence-corrected chi connectivity index (χ1v) is 10.4. The lowest BCUT2D eigenvalue weighted by molar-refractivity contribution is -0.384. The molecule has 0 bridgehead atoms. The molecule has 2 rings (SSSR count). The fourth-order valence-corrected chi connectivity index (χ4v) is 3.02. The molecule has 0 spiro atoms. The van der Waals surface area contributed by atoms with Crippen LogP contribution in [0.1, 0.15) is 31.1 Å². The fraction of sp³-hybridized carbons (Fsp3) is 0.318. The van der Waals surface area contributed by atoms with Crippen molar-refractivity contribution in [1.82, 2.24) is 5.32 Å². The predicted molar refractivity (Wildman–Crippen MR) is 121 cm³/mol. The molecule has 0 aliphatic heterocycles. The molecule has 2 N–H and O–H groups in total. The lowest BCUT2D eigenvalue weighted by Crippen LogP contribution is -2.46. The van der Waals surface area contributed by atoms with Crippen molar-refractivity contribution >= 4 is 40.8 Å². The number of benzene rings is 2. The molecule has 10 nitrogen and oxygen atoms in total. The molecule has 0 unspecified atom stereocenters. The molecule has 0 radical (unpaired) electrons. The first-order chi connectivity index (χ1) is 15.6. The number of ether oxygens (including phenoxy) is 2. The Morgan fingerprint density at radius 3 is 2.45 bits per heavy atom. The van der Waals surface area contributed by atoms with E-state index >= 15 is 0 Å². The van der Waals surface area contributed by atoms with E-state index in [0.29, 0.717) is 6.61 Å². The summed E-state index contributed by atoms with van der Waals surface area (Å²) in [6, 6.07) is 9.29. The van der Waals surface area contributed by atoms with Crippen LogP contribution in [-0.4, -0.2) is 42.0 Å². The van der Waals surface area contributed by atoms with Crippen molar-refractivity contribution < 1.29 is 28.8 Å². The number of anilines is 1. The van der Waals surface area contributed by atoms with Crippen LogP contribution >= 0.6 is 11.6 Å². The van der Waals surface area contributed by atoms with Gasteiger partial charge in [0, 0.05) is 0 Å². The van der Waals surface area contributed by atoms with Crippen LogP contribution in [0.4, 0.5) is 11.4 Å². The average molecular weight is 478 g/mol. The van der Waals surface area contributed by atoms with Crippen LogP contribution in [-0.2, 0) is 14.3 Å². The summed E-state index contributed by atoms with van der Waals surface area (Å²) in [4.78, 5) is 47.9. The quantitative estimate of drug-likeness (QED) is 0.303. The Hall–Kier alpha value is -3.66. The number of nitrogens with one attached hydrogen (secondary N) is 2. The van der Waals surface area contributed by atoms with Crippen LogP contribution in [0.5, 0.6) is 5.75 Å². The number of hydrogen-bond acceptors (Lipinski definition) is 7. The first kappa shape index (κ1) is 25.6. The zero-order chi connectivity index (χ0) is 24.5. The zero-order valence-electron chi connectivity index (χ0n) is 18.3. The van der Waals surface area contributed by atoms with Gasteiger partial charge in [0.1, 0.15) is 17.5 Å². The molecule has 2 aromatic carbocycles. The lowest BCUT2D eigenvalue weighted by atomic mass is 10.0. The van der Waals surface area contributed by atoms with Crippen LogP contribution in [0.2, 0.25) is 5.02 Å². The SMILES string of the molecule is CCOc1ccc(NC(=O)COC(=O)[C@@H](NC(=O)c2ccccc2Cl)C(C)C)c([N+](=O)[O-])c1. The maximum atomic E-state index is 12.5. The van der Waals surface area contributed by atoms with Crippen molar-refractivity contribution in [2.75, 3.05) is 18.5 Å². The van der Waals surface area contributed by atoms with Crippen LogP contribution in [0.25, 0.3) is 0 Å². The minimum absolute atomic E-state index is 0.0723. The number of nitro benzene ring substituents is 1. The van der Waals surface area contributed by atoms with Gasteiger partial charge in [0.05, 0.1) is 28.2 Å². The third-order valence-electron chi connectivity index (χ3n) is 4.42. The molecule has 0 saturated heterocycles. The minimum atomic E-state index is -1.04. The van der Waals surface area contributed by atoms with Crippen molar-refractivity contribution in [3.05, 3.63) is 63.2 Å². The number of amides is 2. The summed E-state index contributed by atoms with van der Waals surface area (Å²) in [7, 11) is 0. The third-order valence-corrected chi connectivity index (χ3v) is 4.75. The number of halogens is 1. The molecule has 0 aliphatic carbocycles.